The van der Waals surface area contributed by atoms with Crippen LogP contribution in [0.25, 0.3) is 0 Å². The van der Waals surface area contributed by atoms with Crippen molar-refractivity contribution in [3.05, 3.63) is 46.5 Å². The second-order valence-corrected chi connectivity index (χ2v) is 7.43. The number of allylic oxidation sites excluding steroid dienone is 2. The molecular weight excluding hydrogens is 348 g/mol. The van der Waals surface area contributed by atoms with Crippen molar-refractivity contribution in [1.29, 1.82) is 0 Å². The topological polar surface area (TPSA) is 88.2 Å². The van der Waals surface area contributed by atoms with E-state index in [2.05, 4.69) is 4.90 Å². The highest BCUT2D eigenvalue weighted by atomic mass is 16.6. The zero-order valence-electron chi connectivity index (χ0n) is 15.0. The number of nitrogens with one attached hydrogen (secondary N) is 1. The van der Waals surface area contributed by atoms with Gasteiger partial charge in [0.2, 0.25) is 11.8 Å². The molecule has 1 N–H and O–H groups in total. The summed E-state index contributed by atoms with van der Waals surface area (Å²) in [6.45, 7) is 3.66. The van der Waals surface area contributed by atoms with Crippen LogP contribution in [0, 0.1) is 22.0 Å². The Hall–Kier alpha value is -2.74. The molecule has 0 unspecified atom stereocenters. The standard InChI is InChI=1S/C19H22N4O4/c24-18-16-3-1-2-4-17(16)19(25)22(18)13-20-9-11-21(12-10-20)14-5-7-15(8-6-14)23(26)27/h1-2,5-8,16-17H,3-4,9-13H2/p+1/t16-,17-/m1/s1. The Morgan fingerprint density at radius 3 is 2.07 bits per heavy atom. The number of likely N-dealkylation sites (tertiary alicyclic amines) is 1. The van der Waals surface area contributed by atoms with Crippen LogP contribution in [-0.2, 0) is 9.59 Å². The van der Waals surface area contributed by atoms with Crippen LogP contribution in [-0.4, -0.2) is 54.5 Å². The molecule has 8 nitrogen and oxygen atoms in total. The average molecular weight is 371 g/mol. The second-order valence-electron chi connectivity index (χ2n) is 7.43. The van der Waals surface area contributed by atoms with Gasteiger partial charge in [0.05, 0.1) is 42.9 Å². The van der Waals surface area contributed by atoms with E-state index in [9.17, 15) is 19.7 Å². The van der Waals surface area contributed by atoms with Crippen LogP contribution in [0.15, 0.2) is 36.4 Å². The maximum atomic E-state index is 12.6. The predicted octanol–water partition coefficient (Wildman–Crippen LogP) is 0.208. The van der Waals surface area contributed by atoms with Gasteiger partial charge in [-0.05, 0) is 25.0 Å². The normalized spacial score (nSPS) is 25.8. The minimum atomic E-state index is -0.400. The van der Waals surface area contributed by atoms with Crippen LogP contribution in [0.4, 0.5) is 11.4 Å². The van der Waals surface area contributed by atoms with Gasteiger partial charge in [-0.25, -0.2) is 4.90 Å². The van der Waals surface area contributed by atoms with E-state index in [-0.39, 0.29) is 29.3 Å². The summed E-state index contributed by atoms with van der Waals surface area (Å²) in [6, 6.07) is 6.58. The number of nitro groups is 1. The Morgan fingerprint density at radius 1 is 1.00 bits per heavy atom. The lowest BCUT2D eigenvalue weighted by atomic mass is 9.85. The van der Waals surface area contributed by atoms with E-state index in [0.717, 1.165) is 31.9 Å². The van der Waals surface area contributed by atoms with Crippen molar-refractivity contribution in [3.63, 3.8) is 0 Å². The third-order valence-electron chi connectivity index (χ3n) is 5.88. The number of fused-ring (bicyclic) bond motifs is 1. The number of rotatable bonds is 4. The number of anilines is 1. The first-order valence-electron chi connectivity index (χ1n) is 9.38. The number of amides is 2. The molecule has 0 radical (unpaired) electrons. The van der Waals surface area contributed by atoms with Crippen molar-refractivity contribution in [2.75, 3.05) is 37.7 Å². The molecule has 2 saturated heterocycles. The Labute approximate surface area is 157 Å². The molecule has 8 heteroatoms. The molecule has 142 valence electrons. The monoisotopic (exact) mass is 371 g/mol. The summed E-state index contributed by atoms with van der Waals surface area (Å²) in [6.07, 6.45) is 5.36. The van der Waals surface area contributed by atoms with Crippen molar-refractivity contribution in [2.45, 2.75) is 12.8 Å². The summed E-state index contributed by atoms with van der Waals surface area (Å²) < 4.78 is 0. The first-order valence-corrected chi connectivity index (χ1v) is 9.38. The minimum Gasteiger partial charge on any atom is -0.360 e. The molecule has 2 atom stereocenters. The maximum absolute atomic E-state index is 12.6. The van der Waals surface area contributed by atoms with Crippen LogP contribution in [0.5, 0.6) is 0 Å². The number of nitrogens with zero attached hydrogens (tertiary/aromatic N) is 3. The van der Waals surface area contributed by atoms with Gasteiger partial charge in [-0.3, -0.25) is 19.7 Å². The maximum Gasteiger partial charge on any atom is 0.269 e. The summed E-state index contributed by atoms with van der Waals surface area (Å²) in [7, 11) is 0. The Morgan fingerprint density at radius 2 is 1.56 bits per heavy atom. The van der Waals surface area contributed by atoms with Gasteiger partial charge in [0.25, 0.3) is 5.69 Å². The number of piperazine rings is 1. The minimum absolute atomic E-state index is 0.0142. The van der Waals surface area contributed by atoms with Crippen LogP contribution in [0.3, 0.4) is 0 Å². The molecule has 4 rings (SSSR count). The third kappa shape index (κ3) is 3.32. The number of non-ortho nitro benzene ring substituents is 1. The molecule has 1 aliphatic carbocycles. The summed E-state index contributed by atoms with van der Waals surface area (Å²) >= 11 is 0. The molecule has 0 aromatic heterocycles. The molecule has 2 fully saturated rings. The van der Waals surface area contributed by atoms with E-state index in [1.807, 2.05) is 12.2 Å². The SMILES string of the molecule is O=C1[C@@H]2CC=CC[C@H]2C(=O)N1C[NH+]1CCN(c2ccc([N+](=O)[O-])cc2)CC1. The van der Waals surface area contributed by atoms with E-state index in [0.29, 0.717) is 19.5 Å². The lowest BCUT2D eigenvalue weighted by molar-refractivity contribution is -0.908. The highest BCUT2D eigenvalue weighted by Gasteiger charge is 2.48. The van der Waals surface area contributed by atoms with Gasteiger partial charge in [-0.15, -0.1) is 0 Å². The number of carbonyl (C=O) groups excluding carboxylic acids is 2. The van der Waals surface area contributed by atoms with Crippen LogP contribution in [0.2, 0.25) is 0 Å². The lowest BCUT2D eigenvalue weighted by Gasteiger charge is -2.34. The number of imide groups is 1. The van der Waals surface area contributed by atoms with Gasteiger partial charge >= 0.3 is 0 Å². The zero-order valence-corrected chi connectivity index (χ0v) is 15.0. The van der Waals surface area contributed by atoms with E-state index < -0.39 is 4.92 Å². The van der Waals surface area contributed by atoms with Gasteiger partial charge in [0, 0.05) is 17.8 Å². The van der Waals surface area contributed by atoms with E-state index in [4.69, 9.17) is 0 Å². The van der Waals surface area contributed by atoms with Gasteiger partial charge in [-0.2, -0.15) is 0 Å². The molecule has 0 saturated carbocycles. The van der Waals surface area contributed by atoms with Gasteiger partial charge in [-0.1, -0.05) is 12.2 Å². The van der Waals surface area contributed by atoms with Crippen molar-refractivity contribution >= 4 is 23.2 Å². The van der Waals surface area contributed by atoms with E-state index in [1.54, 1.807) is 12.1 Å². The van der Waals surface area contributed by atoms with Gasteiger partial charge in [0.15, 0.2) is 6.67 Å². The van der Waals surface area contributed by atoms with E-state index >= 15 is 0 Å². The largest absolute Gasteiger partial charge is 0.360 e. The molecular formula is C19H23N4O4+. The fourth-order valence-corrected chi connectivity index (χ4v) is 4.27. The lowest BCUT2D eigenvalue weighted by Crippen LogP contribution is -3.16. The number of nitro benzene ring substituents is 1. The number of carbonyl (C=O) groups is 2. The van der Waals surface area contributed by atoms with Crippen molar-refractivity contribution in [1.82, 2.24) is 4.90 Å². The molecule has 2 aliphatic heterocycles. The summed E-state index contributed by atoms with van der Waals surface area (Å²) in [5.74, 6) is -0.356. The molecule has 2 heterocycles. The molecule has 0 spiro atoms. The summed E-state index contributed by atoms with van der Waals surface area (Å²) in [5, 5.41) is 10.8. The Kier molecular flexibility index (Phi) is 4.65. The molecule has 2 amide bonds. The van der Waals surface area contributed by atoms with Crippen LogP contribution in [0.1, 0.15) is 12.8 Å². The van der Waals surface area contributed by atoms with Crippen molar-refractivity contribution in [2.24, 2.45) is 11.8 Å². The smallest absolute Gasteiger partial charge is 0.269 e. The van der Waals surface area contributed by atoms with Crippen LogP contribution >= 0.6 is 0 Å². The Bertz CT molecular complexity index is 757. The first kappa shape index (κ1) is 17.7. The fourth-order valence-electron chi connectivity index (χ4n) is 4.27. The first-order chi connectivity index (χ1) is 13.0. The zero-order chi connectivity index (χ0) is 19.0. The Balaban J connectivity index is 1.34. The van der Waals surface area contributed by atoms with Crippen LogP contribution < -0.4 is 9.80 Å². The third-order valence-corrected chi connectivity index (χ3v) is 5.88. The highest BCUT2D eigenvalue weighted by molar-refractivity contribution is 6.05. The summed E-state index contributed by atoms with van der Waals surface area (Å²) in [4.78, 5) is 40.4. The van der Waals surface area contributed by atoms with Crippen molar-refractivity contribution in [3.8, 4) is 0 Å². The molecule has 27 heavy (non-hydrogen) atoms. The molecule has 1 aromatic carbocycles. The molecule has 0 bridgehead atoms. The highest BCUT2D eigenvalue weighted by Crippen LogP contribution is 2.34. The predicted molar refractivity (Wildman–Crippen MR) is 98.1 cm³/mol. The summed E-state index contributed by atoms with van der Waals surface area (Å²) in [5.41, 5.74) is 1.05. The number of quaternary nitrogens is 1. The number of hydrogen-bond acceptors (Lipinski definition) is 5. The van der Waals surface area contributed by atoms with E-state index in [1.165, 1.54) is 21.9 Å². The van der Waals surface area contributed by atoms with Gasteiger partial charge < -0.3 is 9.80 Å². The fraction of sp³-hybridized carbons (Fsp3) is 0.474. The van der Waals surface area contributed by atoms with Gasteiger partial charge in [0.1, 0.15) is 0 Å². The second kappa shape index (κ2) is 7.11. The number of hydrogen-bond donors (Lipinski definition) is 1. The molecule has 1 aromatic rings. The molecule has 3 aliphatic rings. The quantitative estimate of drug-likeness (QED) is 0.354. The van der Waals surface area contributed by atoms with Crippen molar-refractivity contribution < 1.29 is 19.4 Å². The number of benzene rings is 1. The average Bonchev–Trinajstić information content (AvgIpc) is 2.94.